The number of nitrogens with zero attached hydrogens (tertiary/aromatic N) is 1. The molecule has 0 aliphatic heterocycles. The number of hydrogen-bond acceptors (Lipinski definition) is 4. The van der Waals surface area contributed by atoms with Crippen LogP contribution in [0.3, 0.4) is 0 Å². The SMILES string of the molecule is Cc1ccc(S(=O)(=O)C(C)c2cc(Cl)ccc2[N+](=O)[O-])cc1. The topological polar surface area (TPSA) is 77.3 Å². The molecule has 0 saturated heterocycles. The van der Waals surface area contributed by atoms with Crippen molar-refractivity contribution in [3.63, 3.8) is 0 Å². The van der Waals surface area contributed by atoms with Crippen LogP contribution in [-0.4, -0.2) is 13.3 Å². The summed E-state index contributed by atoms with van der Waals surface area (Å²) >= 11 is 5.87. The van der Waals surface area contributed by atoms with Gasteiger partial charge in [0.05, 0.1) is 15.1 Å². The Bertz CT molecular complexity index is 816. The molecule has 22 heavy (non-hydrogen) atoms. The molecule has 1 unspecified atom stereocenters. The van der Waals surface area contributed by atoms with Gasteiger partial charge in [0.1, 0.15) is 0 Å². The molecule has 0 fully saturated rings. The van der Waals surface area contributed by atoms with Crippen LogP contribution in [0.15, 0.2) is 47.4 Å². The molecular weight excluding hydrogens is 326 g/mol. The zero-order valence-electron chi connectivity index (χ0n) is 12.0. The van der Waals surface area contributed by atoms with Gasteiger partial charge in [-0.3, -0.25) is 10.1 Å². The molecule has 116 valence electrons. The highest BCUT2D eigenvalue weighted by Gasteiger charge is 2.30. The van der Waals surface area contributed by atoms with E-state index in [0.717, 1.165) is 5.56 Å². The fraction of sp³-hybridized carbons (Fsp3) is 0.200. The van der Waals surface area contributed by atoms with Crippen molar-refractivity contribution in [1.82, 2.24) is 0 Å². The van der Waals surface area contributed by atoms with Crippen LogP contribution in [-0.2, 0) is 9.84 Å². The Morgan fingerprint density at radius 2 is 1.73 bits per heavy atom. The molecule has 2 rings (SSSR count). The second-order valence-corrected chi connectivity index (χ2v) is 7.67. The number of rotatable bonds is 4. The van der Waals surface area contributed by atoms with Gasteiger partial charge < -0.3 is 0 Å². The maximum atomic E-state index is 12.7. The quantitative estimate of drug-likeness (QED) is 0.620. The molecule has 0 spiro atoms. The maximum absolute atomic E-state index is 12.7. The minimum absolute atomic E-state index is 0.0816. The van der Waals surface area contributed by atoms with Gasteiger partial charge in [-0.2, -0.15) is 0 Å². The maximum Gasteiger partial charge on any atom is 0.274 e. The van der Waals surface area contributed by atoms with Gasteiger partial charge in [-0.1, -0.05) is 29.3 Å². The standard InChI is InChI=1S/C15H14ClNO4S/c1-10-3-6-13(7-4-10)22(20,21)11(2)14-9-12(16)5-8-15(14)17(18)19/h3-9,11H,1-2H3. The first kappa shape index (κ1) is 16.5. The summed E-state index contributed by atoms with van der Waals surface area (Å²) in [5.74, 6) is 0. The first-order valence-electron chi connectivity index (χ1n) is 6.48. The summed E-state index contributed by atoms with van der Waals surface area (Å²) in [6.45, 7) is 3.27. The van der Waals surface area contributed by atoms with E-state index in [-0.39, 0.29) is 21.2 Å². The zero-order valence-corrected chi connectivity index (χ0v) is 13.6. The molecule has 0 aliphatic rings. The summed E-state index contributed by atoms with van der Waals surface area (Å²) in [7, 11) is -3.74. The van der Waals surface area contributed by atoms with E-state index in [1.54, 1.807) is 12.1 Å². The summed E-state index contributed by atoms with van der Waals surface area (Å²) in [5.41, 5.74) is 0.756. The van der Waals surface area contributed by atoms with Crippen LogP contribution in [0, 0.1) is 17.0 Å². The largest absolute Gasteiger partial charge is 0.274 e. The molecule has 0 radical (unpaired) electrons. The summed E-state index contributed by atoms with van der Waals surface area (Å²) in [5, 5.41) is 10.3. The van der Waals surface area contributed by atoms with Crippen LogP contribution in [0.4, 0.5) is 5.69 Å². The van der Waals surface area contributed by atoms with E-state index < -0.39 is 20.0 Å². The van der Waals surface area contributed by atoms with Crippen LogP contribution in [0.25, 0.3) is 0 Å². The average molecular weight is 340 g/mol. The lowest BCUT2D eigenvalue weighted by molar-refractivity contribution is -0.385. The lowest BCUT2D eigenvalue weighted by Gasteiger charge is -2.14. The van der Waals surface area contributed by atoms with E-state index in [4.69, 9.17) is 11.6 Å². The van der Waals surface area contributed by atoms with Crippen molar-refractivity contribution in [2.45, 2.75) is 24.0 Å². The third kappa shape index (κ3) is 3.13. The number of nitro groups is 1. The van der Waals surface area contributed by atoms with Crippen LogP contribution < -0.4 is 0 Å². The Hall–Kier alpha value is -1.92. The summed E-state index contributed by atoms with van der Waals surface area (Å²) in [6, 6.07) is 10.3. The lowest BCUT2D eigenvalue weighted by Crippen LogP contribution is -2.12. The van der Waals surface area contributed by atoms with Gasteiger partial charge in [0.15, 0.2) is 9.84 Å². The number of aryl methyl sites for hydroxylation is 1. The number of hydrogen-bond donors (Lipinski definition) is 0. The summed E-state index contributed by atoms with van der Waals surface area (Å²) in [4.78, 5) is 10.6. The van der Waals surface area contributed by atoms with Crippen LogP contribution in [0.5, 0.6) is 0 Å². The van der Waals surface area contributed by atoms with E-state index >= 15 is 0 Å². The van der Waals surface area contributed by atoms with Gasteiger partial charge in [0.25, 0.3) is 5.69 Å². The van der Waals surface area contributed by atoms with E-state index in [2.05, 4.69) is 0 Å². The number of benzene rings is 2. The van der Waals surface area contributed by atoms with Gasteiger partial charge in [0, 0.05) is 16.7 Å². The Morgan fingerprint density at radius 3 is 2.27 bits per heavy atom. The minimum Gasteiger partial charge on any atom is -0.258 e. The molecule has 0 heterocycles. The van der Waals surface area contributed by atoms with Crippen molar-refractivity contribution in [3.8, 4) is 0 Å². The summed E-state index contributed by atoms with van der Waals surface area (Å²) in [6.07, 6.45) is 0. The predicted octanol–water partition coefficient (Wildman–Crippen LogP) is 4.09. The second kappa shape index (κ2) is 6.06. The van der Waals surface area contributed by atoms with Gasteiger partial charge >= 0.3 is 0 Å². The number of nitro benzene ring substituents is 1. The van der Waals surface area contributed by atoms with Crippen molar-refractivity contribution >= 4 is 27.1 Å². The van der Waals surface area contributed by atoms with E-state index in [0.29, 0.717) is 0 Å². The van der Waals surface area contributed by atoms with Gasteiger partial charge in [-0.25, -0.2) is 8.42 Å². The highest BCUT2D eigenvalue weighted by molar-refractivity contribution is 7.91. The van der Waals surface area contributed by atoms with Crippen LogP contribution in [0.1, 0.15) is 23.3 Å². The monoisotopic (exact) mass is 339 g/mol. The molecule has 0 saturated carbocycles. The van der Waals surface area contributed by atoms with Crippen molar-refractivity contribution in [3.05, 3.63) is 68.7 Å². The molecular formula is C15H14ClNO4S. The first-order valence-corrected chi connectivity index (χ1v) is 8.40. The predicted molar refractivity (Wildman–Crippen MR) is 84.9 cm³/mol. The molecule has 0 bridgehead atoms. The van der Waals surface area contributed by atoms with Gasteiger partial charge in [-0.05, 0) is 38.1 Å². The molecule has 2 aromatic rings. The second-order valence-electron chi connectivity index (χ2n) is 4.96. The lowest BCUT2D eigenvalue weighted by atomic mass is 10.1. The third-order valence-corrected chi connectivity index (χ3v) is 5.79. The van der Waals surface area contributed by atoms with E-state index in [9.17, 15) is 18.5 Å². The number of halogens is 1. The summed E-state index contributed by atoms with van der Waals surface area (Å²) < 4.78 is 25.3. The van der Waals surface area contributed by atoms with E-state index in [1.165, 1.54) is 37.3 Å². The van der Waals surface area contributed by atoms with E-state index in [1.807, 2.05) is 6.92 Å². The molecule has 0 aromatic heterocycles. The van der Waals surface area contributed by atoms with Crippen molar-refractivity contribution in [1.29, 1.82) is 0 Å². The molecule has 1 atom stereocenters. The molecule has 5 nitrogen and oxygen atoms in total. The van der Waals surface area contributed by atoms with Crippen LogP contribution >= 0.6 is 11.6 Å². The number of sulfone groups is 1. The van der Waals surface area contributed by atoms with Gasteiger partial charge in [-0.15, -0.1) is 0 Å². The molecule has 2 aromatic carbocycles. The molecule has 0 N–H and O–H groups in total. The van der Waals surface area contributed by atoms with Crippen LogP contribution in [0.2, 0.25) is 5.02 Å². The molecule has 0 aliphatic carbocycles. The first-order chi connectivity index (χ1) is 10.2. The fourth-order valence-corrected chi connectivity index (χ4v) is 3.74. The highest BCUT2D eigenvalue weighted by Crippen LogP contribution is 2.35. The van der Waals surface area contributed by atoms with Crippen molar-refractivity contribution in [2.24, 2.45) is 0 Å². The minimum atomic E-state index is -3.74. The Labute approximate surface area is 133 Å². The third-order valence-electron chi connectivity index (χ3n) is 3.44. The highest BCUT2D eigenvalue weighted by atomic mass is 35.5. The van der Waals surface area contributed by atoms with Crippen molar-refractivity contribution in [2.75, 3.05) is 0 Å². The Kier molecular flexibility index (Phi) is 4.53. The zero-order chi connectivity index (χ0) is 16.5. The fourth-order valence-electron chi connectivity index (χ4n) is 2.12. The Morgan fingerprint density at radius 1 is 1.14 bits per heavy atom. The smallest absolute Gasteiger partial charge is 0.258 e. The van der Waals surface area contributed by atoms with Gasteiger partial charge in [0.2, 0.25) is 0 Å². The molecule has 0 amide bonds. The Balaban J connectivity index is 2.55. The average Bonchev–Trinajstić information content (AvgIpc) is 2.46. The normalized spacial score (nSPS) is 12.9. The molecule has 7 heteroatoms. The van der Waals surface area contributed by atoms with Crippen molar-refractivity contribution < 1.29 is 13.3 Å².